The summed E-state index contributed by atoms with van der Waals surface area (Å²) in [6, 6.07) is 5.65. The van der Waals surface area contributed by atoms with Crippen LogP contribution in [0.15, 0.2) is 36.9 Å². The Morgan fingerprint density at radius 1 is 1.18 bits per heavy atom. The summed E-state index contributed by atoms with van der Waals surface area (Å²) in [6.07, 6.45) is 5.14. The van der Waals surface area contributed by atoms with E-state index in [0.717, 1.165) is 5.56 Å². The molecule has 0 bridgehead atoms. The van der Waals surface area contributed by atoms with Crippen LogP contribution in [0.25, 0.3) is 0 Å². The number of hydrogen-bond acceptors (Lipinski definition) is 5. The lowest BCUT2D eigenvalue weighted by Crippen LogP contribution is -2.22. The average Bonchev–Trinajstić information content (AvgIpc) is 2.55. The standard InChI is InChI=1S/C16H19N3O3/c1-11(16(20)19-13-8-17-10-18-9-13)6-12-4-5-14(21-2)15(7-12)22-3/h4-5,7-11H,6H2,1-3H3,(H,19,20). The Morgan fingerprint density at radius 3 is 2.50 bits per heavy atom. The molecule has 1 aromatic heterocycles. The van der Waals surface area contributed by atoms with E-state index >= 15 is 0 Å². The zero-order valence-electron chi connectivity index (χ0n) is 12.9. The zero-order valence-corrected chi connectivity index (χ0v) is 12.9. The van der Waals surface area contributed by atoms with Gasteiger partial charge in [-0.05, 0) is 24.1 Å². The largest absolute Gasteiger partial charge is 0.493 e. The van der Waals surface area contributed by atoms with Gasteiger partial charge in [-0.3, -0.25) is 4.79 Å². The first kappa shape index (κ1) is 15.8. The molecule has 0 saturated heterocycles. The molecule has 0 aliphatic carbocycles. The lowest BCUT2D eigenvalue weighted by Gasteiger charge is -2.14. The van der Waals surface area contributed by atoms with E-state index in [-0.39, 0.29) is 11.8 Å². The van der Waals surface area contributed by atoms with E-state index in [1.54, 1.807) is 26.6 Å². The number of hydrogen-bond donors (Lipinski definition) is 1. The van der Waals surface area contributed by atoms with Gasteiger partial charge in [0.2, 0.25) is 5.91 Å². The number of ether oxygens (including phenoxy) is 2. The maximum atomic E-state index is 12.2. The fraction of sp³-hybridized carbons (Fsp3) is 0.312. The molecule has 22 heavy (non-hydrogen) atoms. The third-order valence-electron chi connectivity index (χ3n) is 3.27. The molecule has 1 heterocycles. The van der Waals surface area contributed by atoms with Crippen molar-refractivity contribution in [2.24, 2.45) is 5.92 Å². The summed E-state index contributed by atoms with van der Waals surface area (Å²) >= 11 is 0. The van der Waals surface area contributed by atoms with Crippen LogP contribution < -0.4 is 14.8 Å². The highest BCUT2D eigenvalue weighted by molar-refractivity contribution is 5.92. The number of nitrogens with zero attached hydrogens (tertiary/aromatic N) is 2. The number of rotatable bonds is 6. The van der Waals surface area contributed by atoms with Gasteiger partial charge in [0.15, 0.2) is 11.5 Å². The van der Waals surface area contributed by atoms with Crippen LogP contribution in [-0.4, -0.2) is 30.1 Å². The maximum Gasteiger partial charge on any atom is 0.227 e. The molecule has 1 atom stereocenters. The predicted octanol–water partition coefficient (Wildman–Crippen LogP) is 2.31. The molecule has 0 aliphatic heterocycles. The van der Waals surface area contributed by atoms with Crippen molar-refractivity contribution >= 4 is 11.6 Å². The molecule has 0 radical (unpaired) electrons. The van der Waals surface area contributed by atoms with Gasteiger partial charge in [-0.15, -0.1) is 0 Å². The molecule has 1 aromatic carbocycles. The summed E-state index contributed by atoms with van der Waals surface area (Å²) in [7, 11) is 3.18. The molecule has 1 N–H and O–H groups in total. The van der Waals surface area contributed by atoms with Crippen LogP contribution in [0.2, 0.25) is 0 Å². The Bertz CT molecular complexity index is 632. The number of methoxy groups -OCH3 is 2. The summed E-state index contributed by atoms with van der Waals surface area (Å²) in [5.74, 6) is 1.05. The molecule has 0 spiro atoms. The van der Waals surface area contributed by atoms with E-state index in [2.05, 4.69) is 15.3 Å². The molecule has 0 aliphatic rings. The van der Waals surface area contributed by atoms with Gasteiger partial charge in [0.25, 0.3) is 0 Å². The second kappa shape index (κ2) is 7.40. The summed E-state index contributed by atoms with van der Waals surface area (Å²) in [5, 5.41) is 2.79. The number of carbonyl (C=O) groups excluding carboxylic acids is 1. The Balaban J connectivity index is 2.02. The van der Waals surface area contributed by atoms with E-state index in [1.165, 1.54) is 6.33 Å². The van der Waals surface area contributed by atoms with Crippen molar-refractivity contribution in [3.8, 4) is 11.5 Å². The van der Waals surface area contributed by atoms with E-state index in [9.17, 15) is 4.79 Å². The summed E-state index contributed by atoms with van der Waals surface area (Å²) < 4.78 is 10.5. The smallest absolute Gasteiger partial charge is 0.227 e. The Hall–Kier alpha value is -2.63. The van der Waals surface area contributed by atoms with Crippen LogP contribution in [0.1, 0.15) is 12.5 Å². The average molecular weight is 301 g/mol. The van der Waals surface area contributed by atoms with Crippen molar-refractivity contribution in [1.82, 2.24) is 9.97 Å². The van der Waals surface area contributed by atoms with Gasteiger partial charge in [0, 0.05) is 5.92 Å². The molecule has 2 aromatic rings. The molecule has 0 fully saturated rings. The van der Waals surface area contributed by atoms with Gasteiger partial charge >= 0.3 is 0 Å². The van der Waals surface area contributed by atoms with Gasteiger partial charge < -0.3 is 14.8 Å². The molecule has 2 rings (SSSR count). The predicted molar refractivity (Wildman–Crippen MR) is 83.1 cm³/mol. The van der Waals surface area contributed by atoms with Crippen LogP contribution in [0.5, 0.6) is 11.5 Å². The molecule has 1 unspecified atom stereocenters. The third kappa shape index (κ3) is 3.94. The van der Waals surface area contributed by atoms with E-state index in [1.807, 2.05) is 25.1 Å². The number of nitrogens with one attached hydrogen (secondary N) is 1. The SMILES string of the molecule is COc1ccc(CC(C)C(=O)Nc2cncnc2)cc1OC. The summed E-state index contributed by atoms with van der Waals surface area (Å²) in [4.78, 5) is 19.9. The second-order valence-electron chi connectivity index (χ2n) is 4.91. The van der Waals surface area contributed by atoms with Gasteiger partial charge in [0.05, 0.1) is 32.3 Å². The van der Waals surface area contributed by atoms with Crippen LogP contribution in [-0.2, 0) is 11.2 Å². The number of anilines is 1. The lowest BCUT2D eigenvalue weighted by atomic mass is 10.00. The van der Waals surface area contributed by atoms with Crippen molar-refractivity contribution < 1.29 is 14.3 Å². The minimum absolute atomic E-state index is 0.0791. The van der Waals surface area contributed by atoms with Crippen molar-refractivity contribution in [2.45, 2.75) is 13.3 Å². The van der Waals surface area contributed by atoms with Gasteiger partial charge in [0.1, 0.15) is 6.33 Å². The van der Waals surface area contributed by atoms with Crippen molar-refractivity contribution in [3.05, 3.63) is 42.5 Å². The Kier molecular flexibility index (Phi) is 5.30. The first-order chi connectivity index (χ1) is 10.6. The normalized spacial score (nSPS) is 11.6. The minimum Gasteiger partial charge on any atom is -0.493 e. The van der Waals surface area contributed by atoms with E-state index in [4.69, 9.17) is 9.47 Å². The lowest BCUT2D eigenvalue weighted by molar-refractivity contribution is -0.119. The fourth-order valence-corrected chi connectivity index (χ4v) is 2.08. The van der Waals surface area contributed by atoms with E-state index in [0.29, 0.717) is 23.6 Å². The topological polar surface area (TPSA) is 73.3 Å². The number of benzene rings is 1. The molecule has 1 amide bonds. The number of amides is 1. The van der Waals surface area contributed by atoms with Gasteiger partial charge in [-0.1, -0.05) is 13.0 Å². The van der Waals surface area contributed by atoms with Crippen LogP contribution in [0, 0.1) is 5.92 Å². The second-order valence-corrected chi connectivity index (χ2v) is 4.91. The van der Waals surface area contributed by atoms with Crippen LogP contribution in [0.4, 0.5) is 5.69 Å². The third-order valence-corrected chi connectivity index (χ3v) is 3.27. The van der Waals surface area contributed by atoms with Crippen molar-refractivity contribution in [1.29, 1.82) is 0 Å². The summed E-state index contributed by atoms with van der Waals surface area (Å²) in [5.41, 5.74) is 1.59. The molecule has 6 nitrogen and oxygen atoms in total. The Morgan fingerprint density at radius 2 is 1.86 bits per heavy atom. The molecular formula is C16H19N3O3. The van der Waals surface area contributed by atoms with Crippen molar-refractivity contribution in [3.63, 3.8) is 0 Å². The fourth-order valence-electron chi connectivity index (χ4n) is 2.08. The zero-order chi connectivity index (χ0) is 15.9. The first-order valence-corrected chi connectivity index (χ1v) is 6.90. The minimum atomic E-state index is -0.196. The van der Waals surface area contributed by atoms with Crippen LogP contribution in [0.3, 0.4) is 0 Å². The number of aromatic nitrogens is 2. The molecule has 6 heteroatoms. The monoisotopic (exact) mass is 301 g/mol. The Labute approximate surface area is 129 Å². The van der Waals surface area contributed by atoms with Gasteiger partial charge in [-0.2, -0.15) is 0 Å². The quantitative estimate of drug-likeness (QED) is 0.886. The van der Waals surface area contributed by atoms with Crippen molar-refractivity contribution in [2.75, 3.05) is 19.5 Å². The first-order valence-electron chi connectivity index (χ1n) is 6.90. The highest BCUT2D eigenvalue weighted by atomic mass is 16.5. The highest BCUT2D eigenvalue weighted by Crippen LogP contribution is 2.28. The maximum absolute atomic E-state index is 12.2. The molecule has 116 valence electrons. The highest BCUT2D eigenvalue weighted by Gasteiger charge is 2.15. The number of carbonyl (C=O) groups is 1. The molecule has 0 saturated carbocycles. The molecular weight excluding hydrogens is 282 g/mol. The summed E-state index contributed by atoms with van der Waals surface area (Å²) in [6.45, 7) is 1.87. The van der Waals surface area contributed by atoms with E-state index < -0.39 is 0 Å². The van der Waals surface area contributed by atoms with Crippen LogP contribution >= 0.6 is 0 Å². The van der Waals surface area contributed by atoms with Gasteiger partial charge in [-0.25, -0.2) is 9.97 Å².